The first-order valence-electron chi connectivity index (χ1n) is 16.5. The van der Waals surface area contributed by atoms with Crippen LogP contribution in [0.5, 0.6) is 0 Å². The molecule has 3 saturated carbocycles. The van der Waals surface area contributed by atoms with E-state index in [9.17, 15) is 26.4 Å². The fourth-order valence-corrected chi connectivity index (χ4v) is 9.00. The Balaban J connectivity index is 1.11. The lowest BCUT2D eigenvalue weighted by Crippen LogP contribution is -2.43. The van der Waals surface area contributed by atoms with Crippen LogP contribution in [0.4, 0.5) is 23.8 Å². The van der Waals surface area contributed by atoms with Gasteiger partial charge in [-0.25, -0.2) is 28.0 Å². The quantitative estimate of drug-likeness (QED) is 0.269. The minimum absolute atomic E-state index is 0.0821. The number of amides is 1. The third-order valence-electron chi connectivity index (χ3n) is 10.3. The number of anilines is 1. The van der Waals surface area contributed by atoms with E-state index in [4.69, 9.17) is 14.5 Å². The third kappa shape index (κ3) is 7.23. The number of carbonyl (C=O) groups excluding carboxylic acids is 1. The number of halogens is 3. The van der Waals surface area contributed by atoms with Gasteiger partial charge in [0.15, 0.2) is 9.84 Å². The highest BCUT2D eigenvalue weighted by Gasteiger charge is 2.47. The highest BCUT2D eigenvalue weighted by molar-refractivity contribution is 7.90. The number of hydrogen-bond acceptors (Lipinski definition) is 8. The average Bonchev–Trinajstić information content (AvgIpc) is 3.10. The van der Waals surface area contributed by atoms with Crippen LogP contribution >= 0.6 is 0 Å². The minimum atomic E-state index is -4.62. The Labute approximate surface area is 277 Å². The molecule has 3 aromatic rings. The summed E-state index contributed by atoms with van der Waals surface area (Å²) < 4.78 is 69.6. The molecule has 4 heterocycles. The molecule has 2 aliphatic heterocycles. The number of aromatic nitrogens is 2. The standard InChI is InChI=1S/C35H38F3N3O6S/c1-48(43,44)29-7-4-24(5-8-29)26-16-30(25-6-9-31(39-19-25)35(36,37)38)32(40-20-26)41-33(42)45-27-3-2-10-34(18-27)17-23-12-21-11-22(13-23)15-28(14-21)46-47-34/h4-9,16,19-23,27-28H,2-3,10-15,17-18H2,1H3,(H,40,41,42)/t21?,22?,23?,27?,28?,34-/m0/s1. The molecule has 3 unspecified atom stereocenters. The summed E-state index contributed by atoms with van der Waals surface area (Å²) in [6, 6.07) is 9.94. The van der Waals surface area contributed by atoms with Crippen molar-refractivity contribution < 1.29 is 40.9 Å². The number of ether oxygens (including phenoxy) is 1. The van der Waals surface area contributed by atoms with Gasteiger partial charge in [-0.3, -0.25) is 10.3 Å². The Morgan fingerprint density at radius 1 is 0.917 bits per heavy atom. The number of alkyl halides is 3. The van der Waals surface area contributed by atoms with E-state index in [-0.39, 0.29) is 22.4 Å². The largest absolute Gasteiger partial charge is 0.446 e. The summed E-state index contributed by atoms with van der Waals surface area (Å²) in [5.74, 6) is 2.02. The van der Waals surface area contributed by atoms with Crippen molar-refractivity contribution in [2.24, 2.45) is 17.8 Å². The molecule has 0 radical (unpaired) electrons. The van der Waals surface area contributed by atoms with Gasteiger partial charge in [0.2, 0.25) is 0 Å². The predicted molar refractivity (Wildman–Crippen MR) is 170 cm³/mol. The van der Waals surface area contributed by atoms with Crippen LogP contribution in [-0.2, 0) is 30.5 Å². The van der Waals surface area contributed by atoms with E-state index in [1.54, 1.807) is 18.2 Å². The fourth-order valence-electron chi connectivity index (χ4n) is 8.37. The molecular formula is C35H38F3N3O6S. The third-order valence-corrected chi connectivity index (χ3v) is 11.5. The maximum Gasteiger partial charge on any atom is 0.433 e. The molecule has 1 spiro atoms. The number of pyridine rings is 2. The van der Waals surface area contributed by atoms with E-state index < -0.39 is 39.5 Å². The van der Waals surface area contributed by atoms with Crippen LogP contribution in [0.15, 0.2) is 59.8 Å². The second-order valence-corrected chi connectivity index (χ2v) is 16.1. The maximum atomic E-state index is 13.3. The van der Waals surface area contributed by atoms with Crippen molar-refractivity contribution in [1.82, 2.24) is 9.97 Å². The number of fused-ring (bicyclic) bond motifs is 1. The molecule has 5 aliphatic rings. The summed E-state index contributed by atoms with van der Waals surface area (Å²) in [6.45, 7) is 0. The van der Waals surface area contributed by atoms with Crippen LogP contribution < -0.4 is 5.32 Å². The van der Waals surface area contributed by atoms with Crippen molar-refractivity contribution in [2.45, 2.75) is 93.1 Å². The van der Waals surface area contributed by atoms with E-state index in [1.807, 2.05) is 0 Å². The lowest BCUT2D eigenvalue weighted by Gasteiger charge is -2.42. The SMILES string of the molecule is CS(=O)(=O)c1ccc(-c2cnc(NC(=O)OC3CCC[C@]4(CC5CC6CC(C5)CC(C6)OO4)C3)c(-c3ccc(C(F)(F)F)nc3)c2)cc1. The first-order chi connectivity index (χ1) is 22.8. The van der Waals surface area contributed by atoms with Crippen LogP contribution in [0.1, 0.15) is 69.9 Å². The summed E-state index contributed by atoms with van der Waals surface area (Å²) in [5.41, 5.74) is 0.213. The molecule has 1 aromatic carbocycles. The van der Waals surface area contributed by atoms with Crippen LogP contribution in [0.3, 0.4) is 0 Å². The molecule has 13 heteroatoms. The van der Waals surface area contributed by atoms with Gasteiger partial charge in [-0.2, -0.15) is 13.2 Å². The fraction of sp³-hybridized carbons (Fsp3) is 0.514. The second kappa shape index (κ2) is 12.7. The molecule has 5 fully saturated rings. The summed E-state index contributed by atoms with van der Waals surface area (Å²) >= 11 is 0. The van der Waals surface area contributed by atoms with E-state index in [0.717, 1.165) is 50.6 Å². The van der Waals surface area contributed by atoms with E-state index in [0.29, 0.717) is 47.3 Å². The molecule has 2 saturated heterocycles. The zero-order valence-corrected chi connectivity index (χ0v) is 27.4. The number of hydrogen-bond donors (Lipinski definition) is 1. The second-order valence-electron chi connectivity index (χ2n) is 14.1. The summed E-state index contributed by atoms with van der Waals surface area (Å²) in [6.07, 6.45) is 7.50. The summed E-state index contributed by atoms with van der Waals surface area (Å²) in [5, 5.41) is 2.71. The monoisotopic (exact) mass is 685 g/mol. The minimum Gasteiger partial charge on any atom is -0.446 e. The highest BCUT2D eigenvalue weighted by atomic mass is 32.2. The molecule has 3 aliphatic carbocycles. The first kappa shape index (κ1) is 33.0. The molecule has 48 heavy (non-hydrogen) atoms. The van der Waals surface area contributed by atoms with Gasteiger partial charge in [0.05, 0.1) is 11.0 Å². The molecule has 4 bridgehead atoms. The zero-order valence-electron chi connectivity index (χ0n) is 26.5. The van der Waals surface area contributed by atoms with Crippen molar-refractivity contribution in [3.63, 3.8) is 0 Å². The van der Waals surface area contributed by atoms with E-state index in [2.05, 4.69) is 15.3 Å². The van der Waals surface area contributed by atoms with Gasteiger partial charge in [-0.15, -0.1) is 0 Å². The summed E-state index contributed by atoms with van der Waals surface area (Å²) in [7, 11) is -3.41. The molecule has 2 aromatic heterocycles. The lowest BCUT2D eigenvalue weighted by molar-refractivity contribution is -0.396. The first-order valence-corrected chi connectivity index (χ1v) is 18.4. The van der Waals surface area contributed by atoms with Crippen LogP contribution in [0.25, 0.3) is 22.3 Å². The van der Waals surface area contributed by atoms with Gasteiger partial charge in [0.1, 0.15) is 23.2 Å². The maximum absolute atomic E-state index is 13.3. The van der Waals surface area contributed by atoms with Gasteiger partial charge in [0.25, 0.3) is 0 Å². The number of sulfone groups is 1. The van der Waals surface area contributed by atoms with Crippen molar-refractivity contribution in [1.29, 1.82) is 0 Å². The van der Waals surface area contributed by atoms with Crippen LogP contribution in [0, 0.1) is 17.8 Å². The van der Waals surface area contributed by atoms with Crippen molar-refractivity contribution in [3.8, 4) is 22.3 Å². The van der Waals surface area contributed by atoms with Crippen LogP contribution in [0.2, 0.25) is 0 Å². The van der Waals surface area contributed by atoms with Gasteiger partial charge >= 0.3 is 12.3 Å². The van der Waals surface area contributed by atoms with Gasteiger partial charge in [0, 0.05) is 41.8 Å². The Bertz CT molecular complexity index is 1760. The molecule has 4 atom stereocenters. The Morgan fingerprint density at radius 3 is 2.27 bits per heavy atom. The Kier molecular flexibility index (Phi) is 8.74. The van der Waals surface area contributed by atoms with E-state index >= 15 is 0 Å². The van der Waals surface area contributed by atoms with Crippen LogP contribution in [-0.4, -0.2) is 48.5 Å². The zero-order chi connectivity index (χ0) is 33.7. The number of carbonyl (C=O) groups is 1. The number of nitrogens with one attached hydrogen (secondary N) is 1. The predicted octanol–water partition coefficient (Wildman–Crippen LogP) is 8.01. The van der Waals surface area contributed by atoms with Crippen molar-refractivity contribution in [2.75, 3.05) is 11.6 Å². The molecule has 9 nitrogen and oxygen atoms in total. The molecule has 1 N–H and O–H groups in total. The smallest absolute Gasteiger partial charge is 0.433 e. The van der Waals surface area contributed by atoms with Crippen molar-refractivity contribution in [3.05, 3.63) is 60.6 Å². The van der Waals surface area contributed by atoms with Gasteiger partial charge in [-0.05, 0) is 105 Å². The van der Waals surface area contributed by atoms with Gasteiger partial charge < -0.3 is 4.74 Å². The topological polar surface area (TPSA) is 117 Å². The molecule has 256 valence electrons. The Morgan fingerprint density at radius 2 is 1.60 bits per heavy atom. The number of benzene rings is 1. The normalized spacial score (nSPS) is 28.8. The van der Waals surface area contributed by atoms with Crippen molar-refractivity contribution >= 4 is 21.7 Å². The average molecular weight is 686 g/mol. The highest BCUT2D eigenvalue weighted by Crippen LogP contribution is 2.50. The number of nitrogens with zero attached hydrogens (tertiary/aromatic N) is 2. The molecule has 1 amide bonds. The molecular weight excluding hydrogens is 647 g/mol. The molecule has 8 rings (SSSR count). The summed E-state index contributed by atoms with van der Waals surface area (Å²) in [4.78, 5) is 33.8. The van der Waals surface area contributed by atoms with E-state index in [1.165, 1.54) is 43.7 Å². The lowest BCUT2D eigenvalue weighted by atomic mass is 9.64. The van der Waals surface area contributed by atoms with Gasteiger partial charge in [-0.1, -0.05) is 18.2 Å². The Hall–Kier alpha value is -3.55. The number of rotatable bonds is 5.